The van der Waals surface area contributed by atoms with Crippen molar-refractivity contribution in [3.63, 3.8) is 0 Å². The minimum absolute atomic E-state index is 0.315. The van der Waals surface area contributed by atoms with Crippen LogP contribution in [0.5, 0.6) is 5.75 Å². The number of hydrogen-bond donors (Lipinski definition) is 0. The molecule has 0 N–H and O–H groups in total. The van der Waals surface area contributed by atoms with Gasteiger partial charge in [-0.15, -0.1) is 0 Å². The van der Waals surface area contributed by atoms with Gasteiger partial charge in [-0.2, -0.15) is 5.26 Å². The van der Waals surface area contributed by atoms with Gasteiger partial charge in [0.1, 0.15) is 5.75 Å². The van der Waals surface area contributed by atoms with Crippen molar-refractivity contribution in [3.05, 3.63) is 71.3 Å². The Balaban J connectivity index is 1.95. The number of nitriles is 1. The predicted molar refractivity (Wildman–Crippen MR) is 88.2 cm³/mol. The lowest BCUT2D eigenvalue weighted by Crippen LogP contribution is -2.03. The van der Waals surface area contributed by atoms with E-state index in [2.05, 4.69) is 4.74 Å². The Kier molecular flexibility index (Phi) is 5.87. The fraction of sp³-hybridized carbons (Fsp3) is 0.105. The molecule has 0 spiro atoms. The molecule has 0 heterocycles. The van der Waals surface area contributed by atoms with Crippen LogP contribution in [0.3, 0.4) is 0 Å². The number of rotatable bonds is 5. The highest BCUT2D eigenvalue weighted by Gasteiger charge is 2.04. The topological polar surface area (TPSA) is 76.4 Å². The first-order chi connectivity index (χ1) is 11.6. The molecule has 2 aromatic rings. The number of ether oxygens (including phenoxy) is 2. The number of methoxy groups -OCH3 is 1. The van der Waals surface area contributed by atoms with Crippen LogP contribution in [0.1, 0.15) is 21.5 Å². The van der Waals surface area contributed by atoms with E-state index in [1.807, 2.05) is 6.07 Å². The summed E-state index contributed by atoms with van der Waals surface area (Å²) in [5.41, 5.74) is 2.05. The van der Waals surface area contributed by atoms with E-state index in [9.17, 15) is 9.59 Å². The maximum Gasteiger partial charge on any atom is 0.337 e. The Morgan fingerprint density at radius 1 is 1.08 bits per heavy atom. The van der Waals surface area contributed by atoms with Gasteiger partial charge in [-0.1, -0.05) is 24.3 Å². The maximum atomic E-state index is 11.8. The molecule has 0 fully saturated rings. The fourth-order valence-electron chi connectivity index (χ4n) is 1.93. The van der Waals surface area contributed by atoms with Crippen LogP contribution in [0.15, 0.2) is 54.6 Å². The molecule has 0 radical (unpaired) electrons. The van der Waals surface area contributed by atoms with E-state index in [4.69, 9.17) is 10.00 Å². The van der Waals surface area contributed by atoms with E-state index in [0.29, 0.717) is 17.7 Å². The van der Waals surface area contributed by atoms with Crippen molar-refractivity contribution in [1.29, 1.82) is 5.26 Å². The molecular formula is C19H15NO4. The number of hydrogen-bond acceptors (Lipinski definition) is 5. The van der Waals surface area contributed by atoms with Crippen molar-refractivity contribution in [2.24, 2.45) is 0 Å². The van der Waals surface area contributed by atoms with Crippen LogP contribution < -0.4 is 4.74 Å². The predicted octanol–water partition coefficient (Wildman–Crippen LogP) is 3.16. The minimum atomic E-state index is -0.514. The highest BCUT2D eigenvalue weighted by Crippen LogP contribution is 2.13. The monoisotopic (exact) mass is 321 g/mol. The average molecular weight is 321 g/mol. The van der Waals surface area contributed by atoms with Gasteiger partial charge in [0.25, 0.3) is 0 Å². The van der Waals surface area contributed by atoms with Crippen molar-refractivity contribution in [3.8, 4) is 11.8 Å². The fourth-order valence-corrected chi connectivity index (χ4v) is 1.93. The SMILES string of the molecule is COC(=O)c1ccc(/C=C/C(=O)Oc2ccc(CC#N)cc2)cc1. The molecule has 0 aliphatic rings. The normalized spacial score (nSPS) is 10.2. The van der Waals surface area contributed by atoms with Crippen molar-refractivity contribution >= 4 is 18.0 Å². The lowest BCUT2D eigenvalue weighted by molar-refractivity contribution is -0.128. The van der Waals surface area contributed by atoms with E-state index in [1.54, 1.807) is 54.6 Å². The number of nitrogens with zero attached hydrogens (tertiary/aromatic N) is 1. The quantitative estimate of drug-likeness (QED) is 0.480. The van der Waals surface area contributed by atoms with E-state index >= 15 is 0 Å². The molecule has 0 unspecified atom stereocenters. The zero-order valence-electron chi connectivity index (χ0n) is 13.1. The Hall–Kier alpha value is -3.39. The molecule has 0 saturated heterocycles. The van der Waals surface area contributed by atoms with Crippen LogP contribution >= 0.6 is 0 Å². The zero-order chi connectivity index (χ0) is 17.4. The lowest BCUT2D eigenvalue weighted by Gasteiger charge is -2.02. The van der Waals surface area contributed by atoms with Crippen molar-refractivity contribution in [1.82, 2.24) is 0 Å². The highest BCUT2D eigenvalue weighted by molar-refractivity contribution is 5.90. The van der Waals surface area contributed by atoms with Gasteiger partial charge in [0.15, 0.2) is 0 Å². The summed E-state index contributed by atoms with van der Waals surface area (Å²) in [7, 11) is 1.32. The van der Waals surface area contributed by atoms with E-state index in [0.717, 1.165) is 11.1 Å². The van der Waals surface area contributed by atoms with Crippen LogP contribution in [-0.2, 0) is 16.0 Å². The number of carbonyl (C=O) groups excluding carboxylic acids is 2. The third-order valence-electron chi connectivity index (χ3n) is 3.17. The van der Waals surface area contributed by atoms with E-state index < -0.39 is 11.9 Å². The first-order valence-electron chi connectivity index (χ1n) is 7.16. The average Bonchev–Trinajstić information content (AvgIpc) is 2.61. The van der Waals surface area contributed by atoms with Crippen molar-refractivity contribution in [2.75, 3.05) is 7.11 Å². The first-order valence-corrected chi connectivity index (χ1v) is 7.16. The van der Waals surface area contributed by atoms with Crippen LogP contribution in [-0.4, -0.2) is 19.0 Å². The number of carbonyl (C=O) groups is 2. The smallest absolute Gasteiger partial charge is 0.337 e. The summed E-state index contributed by atoms with van der Waals surface area (Å²) in [5, 5.41) is 8.60. The molecule has 0 bridgehead atoms. The largest absolute Gasteiger partial charge is 0.465 e. The van der Waals surface area contributed by atoms with Gasteiger partial charge in [0, 0.05) is 6.08 Å². The summed E-state index contributed by atoms with van der Waals surface area (Å²) in [5.74, 6) is -0.516. The molecule has 2 aromatic carbocycles. The standard InChI is InChI=1S/C19H15NO4/c1-23-19(22)16-7-2-14(3-8-16)6-11-18(21)24-17-9-4-15(5-10-17)12-13-20/h2-11H,12H2,1H3/b11-6+. The third kappa shape index (κ3) is 4.82. The van der Waals surface area contributed by atoms with Gasteiger partial charge in [0.2, 0.25) is 0 Å². The molecule has 24 heavy (non-hydrogen) atoms. The maximum absolute atomic E-state index is 11.8. The molecule has 0 aromatic heterocycles. The summed E-state index contributed by atoms with van der Waals surface area (Å²) in [6.45, 7) is 0. The molecule has 2 rings (SSSR count). The lowest BCUT2D eigenvalue weighted by atomic mass is 10.1. The Morgan fingerprint density at radius 2 is 1.75 bits per heavy atom. The molecule has 5 nitrogen and oxygen atoms in total. The highest BCUT2D eigenvalue weighted by atomic mass is 16.5. The van der Waals surface area contributed by atoms with Crippen molar-refractivity contribution in [2.45, 2.75) is 6.42 Å². The van der Waals surface area contributed by atoms with Crippen LogP contribution in [0.4, 0.5) is 0 Å². The Bertz CT molecular complexity index is 784. The summed E-state index contributed by atoms with van der Waals surface area (Å²) in [4.78, 5) is 23.1. The Labute approximate surface area is 139 Å². The third-order valence-corrected chi connectivity index (χ3v) is 3.17. The molecule has 5 heteroatoms. The van der Waals surface area contributed by atoms with Crippen LogP contribution in [0, 0.1) is 11.3 Å². The molecule has 0 atom stereocenters. The van der Waals surface area contributed by atoms with Gasteiger partial charge in [-0.25, -0.2) is 9.59 Å². The van der Waals surface area contributed by atoms with E-state index in [-0.39, 0.29) is 0 Å². The second kappa shape index (κ2) is 8.30. The van der Waals surface area contributed by atoms with Gasteiger partial charge in [0.05, 0.1) is 25.2 Å². The van der Waals surface area contributed by atoms with Crippen molar-refractivity contribution < 1.29 is 19.1 Å². The van der Waals surface area contributed by atoms with E-state index in [1.165, 1.54) is 13.2 Å². The number of esters is 2. The summed E-state index contributed by atoms with van der Waals surface area (Å²) in [6.07, 6.45) is 3.21. The number of benzene rings is 2. The molecule has 0 aliphatic heterocycles. The summed E-state index contributed by atoms with van der Waals surface area (Å²) >= 11 is 0. The zero-order valence-corrected chi connectivity index (χ0v) is 13.1. The molecule has 120 valence electrons. The van der Waals surface area contributed by atoms with Gasteiger partial charge >= 0.3 is 11.9 Å². The second-order valence-corrected chi connectivity index (χ2v) is 4.85. The van der Waals surface area contributed by atoms with Gasteiger partial charge in [-0.05, 0) is 41.5 Å². The molecule has 0 saturated carbocycles. The van der Waals surface area contributed by atoms with Gasteiger partial charge in [-0.3, -0.25) is 0 Å². The van der Waals surface area contributed by atoms with Gasteiger partial charge < -0.3 is 9.47 Å². The summed E-state index contributed by atoms with van der Waals surface area (Å²) < 4.78 is 9.78. The molecule has 0 amide bonds. The minimum Gasteiger partial charge on any atom is -0.465 e. The second-order valence-electron chi connectivity index (χ2n) is 4.85. The molecule has 0 aliphatic carbocycles. The summed E-state index contributed by atoms with van der Waals surface area (Å²) in [6, 6.07) is 15.4. The molecular weight excluding hydrogens is 306 g/mol. The first kappa shape index (κ1) is 17.0. The van der Waals surface area contributed by atoms with Crippen LogP contribution in [0.2, 0.25) is 0 Å². The Morgan fingerprint density at radius 3 is 2.33 bits per heavy atom. The van der Waals surface area contributed by atoms with Crippen LogP contribution in [0.25, 0.3) is 6.08 Å².